The van der Waals surface area contributed by atoms with Crippen molar-refractivity contribution in [3.05, 3.63) is 46.8 Å². The highest BCUT2D eigenvalue weighted by molar-refractivity contribution is 9.10. The molecule has 2 bridgehead atoms. The van der Waals surface area contributed by atoms with Gasteiger partial charge in [-0.3, -0.25) is 9.88 Å². The summed E-state index contributed by atoms with van der Waals surface area (Å²) in [7, 11) is 0. The fourth-order valence-electron chi connectivity index (χ4n) is 9.28. The lowest BCUT2D eigenvalue weighted by Gasteiger charge is -2.35. The van der Waals surface area contributed by atoms with E-state index in [1.54, 1.807) is 12.3 Å². The Hall–Kier alpha value is -3.15. The minimum atomic E-state index is -0.873. The zero-order valence-corrected chi connectivity index (χ0v) is 26.4. The molecule has 9 rings (SSSR count). The maximum Gasteiger partial charge on any atom is 0.319 e. The van der Waals surface area contributed by atoms with Gasteiger partial charge in [0.1, 0.15) is 35.6 Å². The zero-order chi connectivity index (χ0) is 30.4. The van der Waals surface area contributed by atoms with E-state index < -0.39 is 12.0 Å². The van der Waals surface area contributed by atoms with Gasteiger partial charge in [-0.05, 0) is 61.6 Å². The first-order valence-electron chi connectivity index (χ1n) is 16.2. The monoisotopic (exact) mass is 676 g/mol. The number of ether oxygens (including phenoxy) is 1. The smallest absolute Gasteiger partial charge is 0.319 e. The number of hydrogen-bond acceptors (Lipinski definition) is 8. The minimum absolute atomic E-state index is 0.0217. The Morgan fingerprint density at radius 2 is 1.91 bits per heavy atom. The summed E-state index contributed by atoms with van der Waals surface area (Å²) in [5.74, 6) is 0.615. The molecule has 2 aromatic carbocycles. The number of phenolic OH excluding ortho intramolecular Hbond substituents is 1. The van der Waals surface area contributed by atoms with Gasteiger partial charge in [0.2, 0.25) is 0 Å². The van der Waals surface area contributed by atoms with Crippen molar-refractivity contribution >= 4 is 43.4 Å². The summed E-state index contributed by atoms with van der Waals surface area (Å²) in [6.45, 7) is 2.23. The number of phenols is 1. The van der Waals surface area contributed by atoms with Gasteiger partial charge in [0.25, 0.3) is 0 Å². The van der Waals surface area contributed by atoms with Crippen LogP contribution in [-0.4, -0.2) is 81.0 Å². The molecule has 5 aliphatic rings. The van der Waals surface area contributed by atoms with E-state index in [4.69, 9.17) is 9.72 Å². The summed E-state index contributed by atoms with van der Waals surface area (Å²) in [6.07, 6.45) is 7.82. The average Bonchev–Trinajstić information content (AvgIpc) is 3.76. The molecule has 2 N–H and O–H groups in total. The van der Waals surface area contributed by atoms with E-state index in [1.165, 1.54) is 18.9 Å². The molecule has 2 unspecified atom stereocenters. The Bertz CT molecular complexity index is 1830. The zero-order valence-electron chi connectivity index (χ0n) is 24.9. The maximum absolute atomic E-state index is 16.8. The number of aromatic nitrogens is 3. The second-order valence-corrected chi connectivity index (χ2v) is 14.7. The highest BCUT2D eigenvalue weighted by atomic mass is 79.9. The summed E-state index contributed by atoms with van der Waals surface area (Å²) >= 11 is 3.61. The lowest BCUT2D eigenvalue weighted by molar-refractivity contribution is 0.0832. The van der Waals surface area contributed by atoms with Crippen LogP contribution in [0.2, 0.25) is 0 Å². The van der Waals surface area contributed by atoms with Crippen LogP contribution in [-0.2, 0) is 0 Å². The third-order valence-corrected chi connectivity index (χ3v) is 11.7. The molecule has 1 aliphatic carbocycles. The van der Waals surface area contributed by atoms with Crippen LogP contribution in [0, 0.1) is 11.7 Å². The Morgan fingerprint density at radius 3 is 2.76 bits per heavy atom. The molecule has 1 saturated carbocycles. The van der Waals surface area contributed by atoms with Crippen molar-refractivity contribution in [3.63, 3.8) is 0 Å². The summed E-state index contributed by atoms with van der Waals surface area (Å²) in [5.41, 5.74) is 0.306. The molecule has 6 atom stereocenters. The third-order valence-electron chi connectivity index (χ3n) is 11.1. The average molecular weight is 678 g/mol. The van der Waals surface area contributed by atoms with Gasteiger partial charge in [0.05, 0.1) is 10.9 Å². The SMILES string of the molecule is Oc1cc(-c2ncc3c(N4CC5CCC(C4)N5)nc(OC[C@@]45C[C@H](F)CN4[C@@H]4CCC[C@@H]4C5)nc3c2F)c2c(Br)cccc2c1. The Labute approximate surface area is 268 Å². The van der Waals surface area contributed by atoms with Crippen LogP contribution in [0.15, 0.2) is 41.0 Å². The minimum Gasteiger partial charge on any atom is -0.508 e. The van der Waals surface area contributed by atoms with E-state index >= 15 is 4.39 Å². The number of pyridine rings is 1. The summed E-state index contributed by atoms with van der Waals surface area (Å²) in [6, 6.07) is 10.0. The number of nitrogens with zero attached hydrogens (tertiary/aromatic N) is 5. The Kier molecular flexibility index (Phi) is 6.52. The molecule has 4 saturated heterocycles. The highest BCUT2D eigenvalue weighted by Gasteiger charge is 2.58. The molecular weight excluding hydrogens is 642 g/mol. The largest absolute Gasteiger partial charge is 0.508 e. The van der Waals surface area contributed by atoms with E-state index in [-0.39, 0.29) is 35.1 Å². The fourth-order valence-corrected chi connectivity index (χ4v) is 9.88. The van der Waals surface area contributed by atoms with Gasteiger partial charge in [-0.2, -0.15) is 9.97 Å². The van der Waals surface area contributed by atoms with Crippen LogP contribution >= 0.6 is 15.9 Å². The van der Waals surface area contributed by atoms with Gasteiger partial charge in [0, 0.05) is 65.8 Å². The standard InChI is InChI=1S/C34H35BrF2N6O2/c35-26-5-1-3-18-9-23(44)10-24(28(18)26)30-29(37)31-25(13-38-30)32(42-15-21-7-8-22(16-42)39-21)41-33(40-31)45-17-34-11-19-4-2-6-27(19)43(34)14-20(36)12-34/h1,3,5,9-10,13,19-22,27,39,44H,2,4,6-8,11-12,14-17H2/t19-,20+,21?,22?,27-,34-/m1/s1. The van der Waals surface area contributed by atoms with Crippen molar-refractivity contribution in [1.29, 1.82) is 0 Å². The molecule has 0 amide bonds. The second kappa shape index (κ2) is 10.4. The molecule has 2 aromatic heterocycles. The molecule has 45 heavy (non-hydrogen) atoms. The van der Waals surface area contributed by atoms with Gasteiger partial charge >= 0.3 is 6.01 Å². The molecule has 6 heterocycles. The lowest BCUT2D eigenvalue weighted by Crippen LogP contribution is -2.51. The van der Waals surface area contributed by atoms with Crippen molar-refractivity contribution in [1.82, 2.24) is 25.2 Å². The fraction of sp³-hybridized carbons (Fsp3) is 0.500. The van der Waals surface area contributed by atoms with Gasteiger partial charge in [0.15, 0.2) is 5.82 Å². The van der Waals surface area contributed by atoms with Gasteiger partial charge in [-0.1, -0.05) is 34.5 Å². The Morgan fingerprint density at radius 1 is 1.07 bits per heavy atom. The Balaban J connectivity index is 1.15. The van der Waals surface area contributed by atoms with Crippen LogP contribution < -0.4 is 15.0 Å². The van der Waals surface area contributed by atoms with Gasteiger partial charge < -0.3 is 20.1 Å². The van der Waals surface area contributed by atoms with Crippen molar-refractivity contribution in [2.24, 2.45) is 5.92 Å². The first-order valence-corrected chi connectivity index (χ1v) is 17.0. The number of nitrogens with one attached hydrogen (secondary N) is 1. The molecule has 5 fully saturated rings. The van der Waals surface area contributed by atoms with Crippen LogP contribution in [0.4, 0.5) is 14.6 Å². The highest BCUT2D eigenvalue weighted by Crippen LogP contribution is 2.52. The number of anilines is 1. The molecule has 4 aromatic rings. The first-order chi connectivity index (χ1) is 21.8. The number of rotatable bonds is 5. The van der Waals surface area contributed by atoms with Crippen molar-refractivity contribution in [3.8, 4) is 23.0 Å². The number of hydrogen-bond donors (Lipinski definition) is 2. The predicted octanol–water partition coefficient (Wildman–Crippen LogP) is 6.13. The van der Waals surface area contributed by atoms with Crippen molar-refractivity contribution in [2.45, 2.75) is 74.8 Å². The molecule has 8 nitrogen and oxygen atoms in total. The molecule has 11 heteroatoms. The van der Waals surface area contributed by atoms with Crippen molar-refractivity contribution in [2.75, 3.05) is 31.1 Å². The summed E-state index contributed by atoms with van der Waals surface area (Å²) in [4.78, 5) is 18.8. The van der Waals surface area contributed by atoms with E-state index in [0.717, 1.165) is 54.0 Å². The predicted molar refractivity (Wildman–Crippen MR) is 172 cm³/mol. The van der Waals surface area contributed by atoms with E-state index in [0.29, 0.717) is 53.8 Å². The molecule has 0 spiro atoms. The number of benzene rings is 2. The van der Waals surface area contributed by atoms with Gasteiger partial charge in [-0.25, -0.2) is 8.78 Å². The van der Waals surface area contributed by atoms with Crippen molar-refractivity contribution < 1.29 is 18.6 Å². The van der Waals surface area contributed by atoms with E-state index in [2.05, 4.69) is 41.0 Å². The van der Waals surface area contributed by atoms with E-state index in [1.807, 2.05) is 18.2 Å². The normalized spacial score (nSPS) is 30.8. The van der Waals surface area contributed by atoms with Crippen LogP contribution in [0.1, 0.15) is 44.9 Å². The van der Waals surface area contributed by atoms with E-state index in [9.17, 15) is 9.50 Å². The third kappa shape index (κ3) is 4.52. The molecular formula is C34H35BrF2N6O2. The van der Waals surface area contributed by atoms with Gasteiger partial charge in [-0.15, -0.1) is 0 Å². The van der Waals surface area contributed by atoms with Crippen LogP contribution in [0.3, 0.4) is 0 Å². The molecule has 234 valence electrons. The molecule has 0 radical (unpaired) electrons. The molecule has 4 aliphatic heterocycles. The first kappa shape index (κ1) is 28.1. The van der Waals surface area contributed by atoms with Crippen LogP contribution in [0.25, 0.3) is 32.9 Å². The second-order valence-electron chi connectivity index (χ2n) is 13.8. The van der Waals surface area contributed by atoms with Crippen LogP contribution in [0.5, 0.6) is 11.8 Å². The maximum atomic E-state index is 16.8. The number of piperazine rings is 1. The number of fused-ring (bicyclic) bond motifs is 7. The lowest BCUT2D eigenvalue weighted by atomic mass is 9.89. The number of halogens is 3. The summed E-state index contributed by atoms with van der Waals surface area (Å²) in [5, 5.41) is 16.2. The quantitative estimate of drug-likeness (QED) is 0.261. The number of alkyl halides is 1. The number of aromatic hydroxyl groups is 1. The summed E-state index contributed by atoms with van der Waals surface area (Å²) < 4.78 is 38.9. The topological polar surface area (TPSA) is 86.6 Å².